The van der Waals surface area contributed by atoms with E-state index < -0.39 is 51.1 Å². The van der Waals surface area contributed by atoms with E-state index in [-0.39, 0.29) is 26.3 Å². The van der Waals surface area contributed by atoms with Crippen LogP contribution < -0.4 is 10.6 Å². The van der Waals surface area contributed by atoms with Crippen LogP contribution in [0.1, 0.15) is 21.8 Å². The number of halogens is 8. The quantitative estimate of drug-likeness (QED) is 0.238. The Morgan fingerprint density at radius 1 is 0.829 bits per heavy atom. The van der Waals surface area contributed by atoms with Gasteiger partial charge in [-0.2, -0.15) is 0 Å². The van der Waals surface area contributed by atoms with E-state index in [0.717, 1.165) is 18.2 Å². The van der Waals surface area contributed by atoms with Gasteiger partial charge in [-0.15, -0.1) is 23.2 Å². The van der Waals surface area contributed by atoms with Gasteiger partial charge >= 0.3 is 0 Å². The summed E-state index contributed by atoms with van der Waals surface area (Å²) in [6.07, 6.45) is 0. The molecule has 2 N–H and O–H groups in total. The SMILES string of the molecule is O=C(Nc1c(F)cccc1F)c1cc(NC(=O)[C@@H]2[C@@H](c3cc(Cl)c(F)c(Cl)c3)C2(Cl)Cl)ccc1Cl. The second-order valence-electron chi connectivity index (χ2n) is 7.66. The fraction of sp³-hybridized carbons (Fsp3) is 0.130. The molecule has 0 unspecified atom stereocenters. The van der Waals surface area contributed by atoms with E-state index in [4.69, 9.17) is 58.0 Å². The zero-order chi connectivity index (χ0) is 25.7. The van der Waals surface area contributed by atoms with Crippen LogP contribution in [-0.2, 0) is 4.79 Å². The molecule has 3 aromatic carbocycles. The van der Waals surface area contributed by atoms with Crippen molar-refractivity contribution in [1.29, 1.82) is 0 Å². The third-order valence-electron chi connectivity index (χ3n) is 5.38. The van der Waals surface area contributed by atoms with Crippen molar-refractivity contribution in [1.82, 2.24) is 0 Å². The number of carbonyl (C=O) groups excluding carboxylic acids is 2. The summed E-state index contributed by atoms with van der Waals surface area (Å²) in [6.45, 7) is 0. The van der Waals surface area contributed by atoms with Crippen molar-refractivity contribution in [2.45, 2.75) is 10.3 Å². The lowest BCUT2D eigenvalue weighted by atomic mass is 10.1. The fourth-order valence-corrected chi connectivity index (χ4v) is 5.15. The van der Waals surface area contributed by atoms with E-state index >= 15 is 0 Å². The number of benzene rings is 3. The molecule has 1 saturated carbocycles. The number of amides is 2. The summed E-state index contributed by atoms with van der Waals surface area (Å²) < 4.78 is 40.0. The van der Waals surface area contributed by atoms with Gasteiger partial charge in [0.2, 0.25) is 5.91 Å². The van der Waals surface area contributed by atoms with Crippen molar-refractivity contribution < 1.29 is 22.8 Å². The van der Waals surface area contributed by atoms with Gasteiger partial charge in [0.05, 0.1) is 26.5 Å². The van der Waals surface area contributed by atoms with Crippen molar-refractivity contribution in [3.05, 3.63) is 92.2 Å². The van der Waals surface area contributed by atoms with Gasteiger partial charge in [-0.1, -0.05) is 40.9 Å². The smallest absolute Gasteiger partial charge is 0.257 e. The Bertz CT molecular complexity index is 1330. The summed E-state index contributed by atoms with van der Waals surface area (Å²) in [5, 5.41) is 4.18. The van der Waals surface area contributed by atoms with Gasteiger partial charge in [-0.25, -0.2) is 13.2 Å². The maximum absolute atomic E-state index is 13.9. The number of anilines is 2. The molecule has 0 heterocycles. The van der Waals surface area contributed by atoms with Crippen LogP contribution in [0, 0.1) is 23.4 Å². The van der Waals surface area contributed by atoms with Crippen LogP contribution in [-0.4, -0.2) is 16.1 Å². The molecule has 0 spiro atoms. The van der Waals surface area contributed by atoms with Gasteiger partial charge in [0.1, 0.15) is 21.7 Å². The number of carbonyl (C=O) groups is 2. The van der Waals surface area contributed by atoms with Crippen LogP contribution in [0.3, 0.4) is 0 Å². The number of para-hydroxylation sites is 1. The van der Waals surface area contributed by atoms with Crippen molar-refractivity contribution in [2.75, 3.05) is 10.6 Å². The van der Waals surface area contributed by atoms with Crippen LogP contribution in [0.2, 0.25) is 15.1 Å². The highest BCUT2D eigenvalue weighted by atomic mass is 35.5. The highest BCUT2D eigenvalue weighted by Crippen LogP contribution is 2.65. The normalized spacial score (nSPS) is 18.2. The first-order valence-electron chi connectivity index (χ1n) is 9.79. The Balaban J connectivity index is 1.54. The van der Waals surface area contributed by atoms with E-state index in [2.05, 4.69) is 10.6 Å². The van der Waals surface area contributed by atoms with Crippen LogP contribution in [0.25, 0.3) is 0 Å². The first kappa shape index (κ1) is 25.9. The third kappa shape index (κ3) is 5.06. The summed E-state index contributed by atoms with van der Waals surface area (Å²) in [5.74, 6) is -5.95. The minimum Gasteiger partial charge on any atom is -0.326 e. The molecule has 0 aliphatic heterocycles. The monoisotopic (exact) mass is 580 g/mol. The molecule has 0 saturated heterocycles. The Kier molecular flexibility index (Phi) is 7.19. The molecule has 0 radical (unpaired) electrons. The zero-order valence-electron chi connectivity index (χ0n) is 17.1. The fourth-order valence-electron chi connectivity index (χ4n) is 3.62. The predicted molar refractivity (Wildman–Crippen MR) is 131 cm³/mol. The van der Waals surface area contributed by atoms with E-state index in [1.807, 2.05) is 0 Å². The molecule has 182 valence electrons. The first-order valence-corrected chi connectivity index (χ1v) is 11.7. The number of hydrogen-bond donors (Lipinski definition) is 2. The topological polar surface area (TPSA) is 58.2 Å². The average Bonchev–Trinajstić information content (AvgIpc) is 3.37. The second-order valence-corrected chi connectivity index (χ2v) is 10.3. The lowest BCUT2D eigenvalue weighted by molar-refractivity contribution is -0.117. The first-order chi connectivity index (χ1) is 16.4. The second kappa shape index (κ2) is 9.71. The van der Waals surface area contributed by atoms with E-state index in [0.29, 0.717) is 5.56 Å². The van der Waals surface area contributed by atoms with Crippen LogP contribution in [0.4, 0.5) is 24.5 Å². The molecule has 1 aliphatic rings. The Morgan fingerprint density at radius 3 is 2.03 bits per heavy atom. The zero-order valence-corrected chi connectivity index (χ0v) is 20.9. The van der Waals surface area contributed by atoms with E-state index in [9.17, 15) is 22.8 Å². The summed E-state index contributed by atoms with van der Waals surface area (Å²) in [7, 11) is 0. The molecular weight excluding hydrogens is 571 g/mol. The largest absolute Gasteiger partial charge is 0.326 e. The van der Waals surface area contributed by atoms with Gasteiger partial charge in [0.15, 0.2) is 5.82 Å². The molecule has 1 fully saturated rings. The lowest BCUT2D eigenvalue weighted by Gasteiger charge is -2.11. The molecule has 4 rings (SSSR count). The van der Waals surface area contributed by atoms with Crippen LogP contribution >= 0.6 is 58.0 Å². The Hall–Kier alpha value is -2.16. The predicted octanol–water partition coefficient (Wildman–Crippen LogP) is 7.84. The highest BCUT2D eigenvalue weighted by Gasteiger charge is 2.67. The molecule has 1 aliphatic carbocycles. The molecule has 0 aromatic heterocycles. The van der Waals surface area contributed by atoms with Gasteiger partial charge in [0, 0.05) is 11.6 Å². The highest BCUT2D eigenvalue weighted by molar-refractivity contribution is 6.53. The lowest BCUT2D eigenvalue weighted by Crippen LogP contribution is -2.18. The van der Waals surface area contributed by atoms with E-state index in [1.54, 1.807) is 0 Å². The molecule has 12 heteroatoms. The molecule has 4 nitrogen and oxygen atoms in total. The summed E-state index contributed by atoms with van der Waals surface area (Å²) >= 11 is 30.4. The van der Waals surface area contributed by atoms with Crippen molar-refractivity contribution >= 4 is 81.2 Å². The average molecular weight is 583 g/mol. The minimum atomic E-state index is -1.52. The molecule has 2 atom stereocenters. The molecule has 3 aromatic rings. The number of nitrogens with one attached hydrogen (secondary N) is 2. The van der Waals surface area contributed by atoms with Gasteiger partial charge in [-0.05, 0) is 48.0 Å². The molecule has 35 heavy (non-hydrogen) atoms. The Morgan fingerprint density at radius 2 is 1.43 bits per heavy atom. The van der Waals surface area contributed by atoms with E-state index in [1.165, 1.54) is 30.3 Å². The van der Waals surface area contributed by atoms with Crippen molar-refractivity contribution in [2.24, 2.45) is 5.92 Å². The standard InChI is InChI=1S/C23H12Cl5F3N2O2/c24-12-5-4-10(8-11(12)21(34)33-20-15(29)2-1-3-16(20)30)32-22(35)18-17(23(18,27)28)9-6-13(25)19(31)14(26)7-9/h1-8,17-18H,(H,32,35)(H,33,34)/t17-,18+/m1/s1. The number of hydrogen-bond acceptors (Lipinski definition) is 2. The van der Waals surface area contributed by atoms with Crippen molar-refractivity contribution in [3.63, 3.8) is 0 Å². The molecular formula is C23H12Cl5F3N2O2. The summed E-state index contributed by atoms with van der Waals surface area (Å²) in [6, 6.07) is 9.64. The molecule has 2 amide bonds. The maximum Gasteiger partial charge on any atom is 0.257 e. The van der Waals surface area contributed by atoms with Gasteiger partial charge in [0.25, 0.3) is 5.91 Å². The molecule has 0 bridgehead atoms. The number of alkyl halides is 2. The Labute approximate surface area is 222 Å². The van der Waals surface area contributed by atoms with Crippen LogP contribution in [0.5, 0.6) is 0 Å². The number of rotatable bonds is 5. The van der Waals surface area contributed by atoms with Crippen LogP contribution in [0.15, 0.2) is 48.5 Å². The third-order valence-corrected chi connectivity index (χ3v) is 7.20. The maximum atomic E-state index is 13.9. The van der Waals surface area contributed by atoms with Gasteiger partial charge in [-0.3, -0.25) is 9.59 Å². The summed E-state index contributed by atoms with van der Waals surface area (Å²) in [4.78, 5) is 25.5. The van der Waals surface area contributed by atoms with Gasteiger partial charge < -0.3 is 10.6 Å². The summed E-state index contributed by atoms with van der Waals surface area (Å²) in [5.41, 5.74) is -0.285. The minimum absolute atomic E-state index is 0.0267. The van der Waals surface area contributed by atoms with Crippen molar-refractivity contribution in [3.8, 4) is 0 Å².